The Labute approximate surface area is 142 Å². The number of carbonyl (C=O) groups is 1. The van der Waals surface area contributed by atoms with E-state index >= 15 is 0 Å². The lowest BCUT2D eigenvalue weighted by Gasteiger charge is -2.13. The van der Waals surface area contributed by atoms with Crippen molar-refractivity contribution in [3.8, 4) is 16.9 Å². The van der Waals surface area contributed by atoms with Gasteiger partial charge in [0.2, 0.25) is 0 Å². The van der Waals surface area contributed by atoms with Crippen molar-refractivity contribution in [3.05, 3.63) is 89.5 Å². The molecule has 0 bridgehead atoms. The summed E-state index contributed by atoms with van der Waals surface area (Å²) in [4.78, 5) is 12.1. The highest BCUT2D eigenvalue weighted by atomic mass is 16.5. The number of Topliss-reactive ketones (excluding diaryl/α,β-unsaturated/α-hetero) is 1. The van der Waals surface area contributed by atoms with Crippen LogP contribution < -0.4 is 4.74 Å². The molecular weight excluding hydrogens is 296 g/mol. The molecule has 0 radical (unpaired) electrons. The largest absolute Gasteiger partial charge is 0.488 e. The Morgan fingerprint density at radius 3 is 2.33 bits per heavy atom. The lowest BCUT2D eigenvalue weighted by Crippen LogP contribution is -2.02. The summed E-state index contributed by atoms with van der Waals surface area (Å²) in [6.45, 7) is 4.10. The van der Waals surface area contributed by atoms with Gasteiger partial charge in [0.25, 0.3) is 0 Å². The molecule has 2 nitrogen and oxygen atoms in total. The van der Waals surface area contributed by atoms with Gasteiger partial charge in [0.1, 0.15) is 12.4 Å². The minimum atomic E-state index is 0.00787. The number of ether oxygens (including phenoxy) is 1. The smallest absolute Gasteiger partial charge is 0.163 e. The third kappa shape index (κ3) is 3.54. The molecule has 0 saturated carbocycles. The second kappa shape index (κ2) is 7.14. The predicted molar refractivity (Wildman–Crippen MR) is 97.4 cm³/mol. The first-order valence-corrected chi connectivity index (χ1v) is 8.03. The highest BCUT2D eigenvalue weighted by Crippen LogP contribution is 2.29. The first kappa shape index (κ1) is 16.0. The van der Waals surface area contributed by atoms with E-state index in [2.05, 4.69) is 19.1 Å². The summed E-state index contributed by atoms with van der Waals surface area (Å²) in [5, 5.41) is 0. The van der Waals surface area contributed by atoms with Gasteiger partial charge >= 0.3 is 0 Å². The summed E-state index contributed by atoms with van der Waals surface area (Å²) in [5.41, 5.74) is 5.05. The van der Waals surface area contributed by atoms with E-state index in [0.717, 1.165) is 16.7 Å². The molecular formula is C22H20O2. The molecule has 0 aliphatic carbocycles. The van der Waals surface area contributed by atoms with E-state index in [1.54, 1.807) is 6.92 Å². The molecule has 0 heterocycles. The summed E-state index contributed by atoms with van der Waals surface area (Å²) in [6.07, 6.45) is 0. The minimum absolute atomic E-state index is 0.00787. The van der Waals surface area contributed by atoms with E-state index in [4.69, 9.17) is 4.74 Å². The molecule has 0 spiro atoms. The van der Waals surface area contributed by atoms with Crippen LogP contribution in [-0.2, 0) is 6.61 Å². The van der Waals surface area contributed by atoms with Crippen molar-refractivity contribution >= 4 is 5.78 Å². The maximum atomic E-state index is 12.1. The molecule has 3 rings (SSSR count). The second-order valence-corrected chi connectivity index (χ2v) is 5.86. The molecule has 2 heteroatoms. The van der Waals surface area contributed by atoms with Crippen LogP contribution in [0, 0.1) is 6.92 Å². The molecule has 3 aromatic rings. The van der Waals surface area contributed by atoms with Crippen LogP contribution in [0.15, 0.2) is 72.8 Å². The van der Waals surface area contributed by atoms with E-state index in [9.17, 15) is 4.79 Å². The van der Waals surface area contributed by atoms with Gasteiger partial charge in [-0.25, -0.2) is 0 Å². The summed E-state index contributed by atoms with van der Waals surface area (Å²) < 4.78 is 5.88. The zero-order valence-electron chi connectivity index (χ0n) is 14.0. The number of hydrogen-bond donors (Lipinski definition) is 0. The molecule has 0 aromatic heterocycles. The quantitative estimate of drug-likeness (QED) is 0.586. The Kier molecular flexibility index (Phi) is 4.76. The standard InChI is InChI=1S/C22H20O2/c1-16-8-6-7-11-20(16)19-12-13-22(21(14-19)17(2)23)24-15-18-9-4-3-5-10-18/h3-14H,15H2,1-2H3. The number of rotatable bonds is 5. The lowest BCUT2D eigenvalue weighted by molar-refractivity contribution is 0.101. The summed E-state index contributed by atoms with van der Waals surface area (Å²) >= 11 is 0. The molecule has 120 valence electrons. The maximum Gasteiger partial charge on any atom is 0.163 e. The predicted octanol–water partition coefficient (Wildman–Crippen LogP) is 5.44. The number of benzene rings is 3. The van der Waals surface area contributed by atoms with Gasteiger partial charge in [-0.3, -0.25) is 4.79 Å². The fraction of sp³-hybridized carbons (Fsp3) is 0.136. The summed E-state index contributed by atoms with van der Waals surface area (Å²) in [6, 6.07) is 23.9. The van der Waals surface area contributed by atoms with Gasteiger partial charge in [-0.15, -0.1) is 0 Å². The van der Waals surface area contributed by atoms with E-state index in [0.29, 0.717) is 17.9 Å². The van der Waals surface area contributed by atoms with Crippen LogP contribution in [-0.4, -0.2) is 5.78 Å². The Morgan fingerprint density at radius 2 is 1.62 bits per heavy atom. The highest BCUT2D eigenvalue weighted by molar-refractivity contribution is 5.98. The number of hydrogen-bond acceptors (Lipinski definition) is 2. The van der Waals surface area contributed by atoms with E-state index < -0.39 is 0 Å². The average Bonchev–Trinajstić information content (AvgIpc) is 2.61. The van der Waals surface area contributed by atoms with Crippen molar-refractivity contribution < 1.29 is 9.53 Å². The van der Waals surface area contributed by atoms with Crippen LogP contribution in [0.1, 0.15) is 28.4 Å². The molecule has 3 aromatic carbocycles. The molecule has 0 atom stereocenters. The fourth-order valence-corrected chi connectivity index (χ4v) is 2.73. The minimum Gasteiger partial charge on any atom is -0.488 e. The van der Waals surface area contributed by atoms with Gasteiger partial charge in [-0.2, -0.15) is 0 Å². The molecule has 0 saturated heterocycles. The van der Waals surface area contributed by atoms with Crippen LogP contribution in [0.3, 0.4) is 0 Å². The Hall–Kier alpha value is -2.87. The van der Waals surface area contributed by atoms with Gasteiger partial charge in [-0.1, -0.05) is 60.7 Å². The zero-order chi connectivity index (χ0) is 16.9. The normalized spacial score (nSPS) is 10.4. The number of aryl methyl sites for hydroxylation is 1. The molecule has 0 N–H and O–H groups in total. The van der Waals surface area contributed by atoms with Gasteiger partial charge in [-0.05, 0) is 48.2 Å². The summed E-state index contributed by atoms with van der Waals surface area (Å²) in [5.74, 6) is 0.636. The van der Waals surface area contributed by atoms with Crippen molar-refractivity contribution in [2.45, 2.75) is 20.5 Å². The third-order valence-electron chi connectivity index (χ3n) is 4.05. The first-order chi connectivity index (χ1) is 11.6. The monoisotopic (exact) mass is 316 g/mol. The lowest BCUT2D eigenvalue weighted by atomic mass is 9.97. The van der Waals surface area contributed by atoms with Gasteiger partial charge in [0.05, 0.1) is 5.56 Å². The van der Waals surface area contributed by atoms with E-state index in [1.165, 1.54) is 5.56 Å². The first-order valence-electron chi connectivity index (χ1n) is 8.03. The van der Waals surface area contributed by atoms with Crippen molar-refractivity contribution in [1.82, 2.24) is 0 Å². The Bertz CT molecular complexity index is 851. The molecule has 0 aliphatic heterocycles. The second-order valence-electron chi connectivity index (χ2n) is 5.86. The average molecular weight is 316 g/mol. The van der Waals surface area contributed by atoms with Crippen molar-refractivity contribution in [1.29, 1.82) is 0 Å². The molecule has 24 heavy (non-hydrogen) atoms. The molecule has 0 fully saturated rings. The molecule has 0 amide bonds. The van der Waals surface area contributed by atoms with Gasteiger partial charge in [0.15, 0.2) is 5.78 Å². The summed E-state index contributed by atoms with van der Waals surface area (Å²) in [7, 11) is 0. The fourth-order valence-electron chi connectivity index (χ4n) is 2.73. The SMILES string of the molecule is CC(=O)c1cc(-c2ccccc2C)ccc1OCc1ccccc1. The highest BCUT2D eigenvalue weighted by Gasteiger charge is 2.12. The van der Waals surface area contributed by atoms with Gasteiger partial charge < -0.3 is 4.74 Å². The van der Waals surface area contributed by atoms with E-state index in [1.807, 2.05) is 60.7 Å². The van der Waals surface area contributed by atoms with Crippen molar-refractivity contribution in [2.24, 2.45) is 0 Å². The molecule has 0 aliphatic rings. The topological polar surface area (TPSA) is 26.3 Å². The van der Waals surface area contributed by atoms with Crippen molar-refractivity contribution in [2.75, 3.05) is 0 Å². The van der Waals surface area contributed by atoms with Crippen LogP contribution in [0.4, 0.5) is 0 Å². The third-order valence-corrected chi connectivity index (χ3v) is 4.05. The van der Waals surface area contributed by atoms with E-state index in [-0.39, 0.29) is 5.78 Å². The van der Waals surface area contributed by atoms with Gasteiger partial charge in [0, 0.05) is 0 Å². The van der Waals surface area contributed by atoms with Crippen LogP contribution in [0.25, 0.3) is 11.1 Å². The number of ketones is 1. The zero-order valence-corrected chi connectivity index (χ0v) is 14.0. The Morgan fingerprint density at radius 1 is 0.917 bits per heavy atom. The Balaban J connectivity index is 1.91. The molecule has 0 unspecified atom stereocenters. The van der Waals surface area contributed by atoms with Crippen LogP contribution >= 0.6 is 0 Å². The maximum absolute atomic E-state index is 12.1. The van der Waals surface area contributed by atoms with Crippen LogP contribution in [0.5, 0.6) is 5.75 Å². The van der Waals surface area contributed by atoms with Crippen LogP contribution in [0.2, 0.25) is 0 Å². The van der Waals surface area contributed by atoms with Crippen molar-refractivity contribution in [3.63, 3.8) is 0 Å². The number of carbonyl (C=O) groups excluding carboxylic acids is 1.